The Morgan fingerprint density at radius 1 is 1.04 bits per heavy atom. The van der Waals surface area contributed by atoms with Crippen molar-refractivity contribution in [3.63, 3.8) is 0 Å². The number of carbonyl (C=O) groups is 2. The average molecular weight is 354 g/mol. The van der Waals surface area contributed by atoms with E-state index in [0.29, 0.717) is 23.6 Å². The van der Waals surface area contributed by atoms with E-state index in [0.717, 1.165) is 5.56 Å². The maximum absolute atomic E-state index is 12.8. The van der Waals surface area contributed by atoms with Gasteiger partial charge >= 0.3 is 0 Å². The number of rotatable bonds is 7. The molecule has 0 saturated carbocycles. The molecule has 0 aliphatic heterocycles. The first-order valence-corrected chi connectivity index (χ1v) is 8.82. The summed E-state index contributed by atoms with van der Waals surface area (Å²) in [5.74, 6) is 0.00364. The predicted molar refractivity (Wildman–Crippen MR) is 104 cm³/mol. The number of anilines is 1. The number of benzene rings is 2. The Hall–Kier alpha value is -2.82. The standard InChI is InChI=1S/C21H26N2O3/c1-5-26-18-9-7-6-8-17(18)22-21(25)19(14(2)3)23-20(24)16-12-10-15(4)11-13-16/h6-14,19H,5H2,1-4H3,(H,22,25)(H,23,24)/t19-/m0/s1. The lowest BCUT2D eigenvalue weighted by Crippen LogP contribution is -2.47. The lowest BCUT2D eigenvalue weighted by atomic mass is 10.0. The maximum Gasteiger partial charge on any atom is 0.251 e. The van der Waals surface area contributed by atoms with Crippen molar-refractivity contribution in [1.82, 2.24) is 5.32 Å². The lowest BCUT2D eigenvalue weighted by molar-refractivity contribution is -0.118. The van der Waals surface area contributed by atoms with Crippen molar-refractivity contribution in [3.8, 4) is 5.75 Å². The number of hydrogen-bond donors (Lipinski definition) is 2. The SMILES string of the molecule is CCOc1ccccc1NC(=O)[C@@H](NC(=O)c1ccc(C)cc1)C(C)C. The van der Waals surface area contributed by atoms with Crippen molar-refractivity contribution >= 4 is 17.5 Å². The number of hydrogen-bond acceptors (Lipinski definition) is 3. The van der Waals surface area contributed by atoms with Crippen LogP contribution in [0.5, 0.6) is 5.75 Å². The van der Waals surface area contributed by atoms with Crippen molar-refractivity contribution in [3.05, 3.63) is 59.7 Å². The molecule has 5 nitrogen and oxygen atoms in total. The van der Waals surface area contributed by atoms with Gasteiger partial charge in [0.05, 0.1) is 12.3 Å². The molecule has 0 fully saturated rings. The molecular formula is C21H26N2O3. The molecule has 0 aromatic heterocycles. The molecule has 2 N–H and O–H groups in total. The van der Waals surface area contributed by atoms with Gasteiger partial charge in [-0.25, -0.2) is 0 Å². The van der Waals surface area contributed by atoms with E-state index in [1.165, 1.54) is 0 Å². The quantitative estimate of drug-likeness (QED) is 0.795. The third kappa shape index (κ3) is 5.09. The molecule has 0 spiro atoms. The van der Waals surface area contributed by atoms with Crippen LogP contribution in [0.3, 0.4) is 0 Å². The van der Waals surface area contributed by atoms with Crippen LogP contribution < -0.4 is 15.4 Å². The molecule has 26 heavy (non-hydrogen) atoms. The number of aryl methyl sites for hydroxylation is 1. The van der Waals surface area contributed by atoms with Crippen LogP contribution in [0.15, 0.2) is 48.5 Å². The molecule has 2 aromatic carbocycles. The summed E-state index contributed by atoms with van der Waals surface area (Å²) in [5.41, 5.74) is 2.20. The van der Waals surface area contributed by atoms with Gasteiger partial charge in [-0.2, -0.15) is 0 Å². The van der Waals surface area contributed by atoms with E-state index in [1.807, 2.05) is 52.0 Å². The molecule has 138 valence electrons. The molecule has 0 saturated heterocycles. The Morgan fingerprint density at radius 2 is 1.69 bits per heavy atom. The van der Waals surface area contributed by atoms with E-state index in [1.54, 1.807) is 24.3 Å². The van der Waals surface area contributed by atoms with Gasteiger partial charge in [0.25, 0.3) is 5.91 Å². The first-order chi connectivity index (χ1) is 12.4. The highest BCUT2D eigenvalue weighted by Crippen LogP contribution is 2.24. The van der Waals surface area contributed by atoms with Crippen LogP contribution in [0.1, 0.15) is 36.7 Å². The van der Waals surface area contributed by atoms with Gasteiger partial charge in [0.1, 0.15) is 11.8 Å². The zero-order valence-electron chi connectivity index (χ0n) is 15.7. The van der Waals surface area contributed by atoms with Crippen molar-refractivity contribution in [1.29, 1.82) is 0 Å². The molecular weight excluding hydrogens is 328 g/mol. The van der Waals surface area contributed by atoms with Gasteiger partial charge < -0.3 is 15.4 Å². The molecule has 0 aliphatic carbocycles. The number of carbonyl (C=O) groups excluding carboxylic acids is 2. The Bertz CT molecular complexity index is 754. The molecule has 2 amide bonds. The summed E-state index contributed by atoms with van der Waals surface area (Å²) in [6.07, 6.45) is 0. The second kappa shape index (κ2) is 9.04. The third-order valence-corrected chi connectivity index (χ3v) is 3.99. The fourth-order valence-electron chi connectivity index (χ4n) is 2.53. The second-order valence-corrected chi connectivity index (χ2v) is 6.48. The molecule has 2 rings (SSSR count). The molecule has 0 bridgehead atoms. The summed E-state index contributed by atoms with van der Waals surface area (Å²) in [7, 11) is 0. The minimum atomic E-state index is -0.654. The molecule has 1 atom stereocenters. The Balaban J connectivity index is 2.12. The van der Waals surface area contributed by atoms with Gasteiger partial charge in [-0.05, 0) is 44.0 Å². The molecule has 0 radical (unpaired) electrons. The Kier molecular flexibility index (Phi) is 6.78. The van der Waals surface area contributed by atoms with Gasteiger partial charge in [-0.1, -0.05) is 43.7 Å². The number of ether oxygens (including phenoxy) is 1. The summed E-state index contributed by atoms with van der Waals surface area (Å²) in [6.45, 7) is 8.14. The number of para-hydroxylation sites is 2. The zero-order valence-corrected chi connectivity index (χ0v) is 15.7. The van der Waals surface area contributed by atoms with E-state index in [2.05, 4.69) is 10.6 Å². The fourth-order valence-corrected chi connectivity index (χ4v) is 2.53. The van der Waals surface area contributed by atoms with Crippen molar-refractivity contribution in [2.24, 2.45) is 5.92 Å². The Morgan fingerprint density at radius 3 is 2.31 bits per heavy atom. The zero-order chi connectivity index (χ0) is 19.1. The number of amides is 2. The van der Waals surface area contributed by atoms with Gasteiger partial charge in [-0.15, -0.1) is 0 Å². The highest BCUT2D eigenvalue weighted by Gasteiger charge is 2.25. The highest BCUT2D eigenvalue weighted by molar-refractivity contribution is 6.01. The van der Waals surface area contributed by atoms with E-state index in [4.69, 9.17) is 4.74 Å². The normalized spacial score (nSPS) is 11.7. The van der Waals surface area contributed by atoms with Gasteiger partial charge in [0.15, 0.2) is 0 Å². The lowest BCUT2D eigenvalue weighted by Gasteiger charge is -2.22. The first-order valence-electron chi connectivity index (χ1n) is 8.82. The molecule has 2 aromatic rings. The van der Waals surface area contributed by atoms with Crippen molar-refractivity contribution in [2.45, 2.75) is 33.7 Å². The van der Waals surface area contributed by atoms with Crippen LogP contribution in [-0.2, 0) is 4.79 Å². The third-order valence-electron chi connectivity index (χ3n) is 3.99. The monoisotopic (exact) mass is 354 g/mol. The highest BCUT2D eigenvalue weighted by atomic mass is 16.5. The van der Waals surface area contributed by atoms with Crippen LogP contribution in [0, 0.1) is 12.8 Å². The van der Waals surface area contributed by atoms with Crippen molar-refractivity contribution in [2.75, 3.05) is 11.9 Å². The van der Waals surface area contributed by atoms with Crippen LogP contribution >= 0.6 is 0 Å². The van der Waals surface area contributed by atoms with E-state index in [-0.39, 0.29) is 17.7 Å². The summed E-state index contributed by atoms with van der Waals surface area (Å²) >= 11 is 0. The van der Waals surface area contributed by atoms with Crippen molar-refractivity contribution < 1.29 is 14.3 Å². The van der Waals surface area contributed by atoms with Crippen LogP contribution in [0.2, 0.25) is 0 Å². The van der Waals surface area contributed by atoms with Crippen LogP contribution in [-0.4, -0.2) is 24.5 Å². The first kappa shape index (κ1) is 19.5. The van der Waals surface area contributed by atoms with E-state index < -0.39 is 6.04 Å². The topological polar surface area (TPSA) is 67.4 Å². The molecule has 0 aliphatic rings. The largest absolute Gasteiger partial charge is 0.492 e. The summed E-state index contributed by atoms with van der Waals surface area (Å²) in [4.78, 5) is 25.2. The maximum atomic E-state index is 12.8. The minimum Gasteiger partial charge on any atom is -0.492 e. The number of nitrogens with one attached hydrogen (secondary N) is 2. The molecule has 0 unspecified atom stereocenters. The van der Waals surface area contributed by atoms with Crippen LogP contribution in [0.4, 0.5) is 5.69 Å². The Labute approximate surface area is 154 Å². The summed E-state index contributed by atoms with van der Waals surface area (Å²) in [6, 6.07) is 13.9. The van der Waals surface area contributed by atoms with Gasteiger partial charge in [0, 0.05) is 5.56 Å². The van der Waals surface area contributed by atoms with Gasteiger partial charge in [-0.3, -0.25) is 9.59 Å². The van der Waals surface area contributed by atoms with Crippen LogP contribution in [0.25, 0.3) is 0 Å². The smallest absolute Gasteiger partial charge is 0.251 e. The molecule has 0 heterocycles. The summed E-state index contributed by atoms with van der Waals surface area (Å²) in [5, 5.41) is 5.70. The molecule has 5 heteroatoms. The predicted octanol–water partition coefficient (Wildman–Crippen LogP) is 3.79. The second-order valence-electron chi connectivity index (χ2n) is 6.48. The average Bonchev–Trinajstić information content (AvgIpc) is 2.61. The minimum absolute atomic E-state index is 0.0661. The van der Waals surface area contributed by atoms with E-state index >= 15 is 0 Å². The summed E-state index contributed by atoms with van der Waals surface area (Å²) < 4.78 is 5.54. The van der Waals surface area contributed by atoms with Gasteiger partial charge in [0.2, 0.25) is 5.91 Å². The fraction of sp³-hybridized carbons (Fsp3) is 0.333. The van der Waals surface area contributed by atoms with E-state index in [9.17, 15) is 9.59 Å².